The molecule has 0 unspecified atom stereocenters. The minimum absolute atomic E-state index is 0.116. The van der Waals surface area contributed by atoms with E-state index < -0.39 is 46.7 Å². The third-order valence-corrected chi connectivity index (χ3v) is 5.14. The molecular weight excluding hydrogens is 482 g/mol. The molecule has 190 valence electrons. The Kier molecular flexibility index (Phi) is 7.87. The number of aryl methyl sites for hydroxylation is 1. The van der Waals surface area contributed by atoms with E-state index >= 15 is 0 Å². The summed E-state index contributed by atoms with van der Waals surface area (Å²) < 4.78 is 64.8. The van der Waals surface area contributed by atoms with Crippen LogP contribution in [-0.2, 0) is 11.3 Å². The summed E-state index contributed by atoms with van der Waals surface area (Å²) in [5, 5.41) is 11.6. The lowest BCUT2D eigenvalue weighted by atomic mass is 10.1. The van der Waals surface area contributed by atoms with E-state index in [1.165, 1.54) is 32.0 Å². The summed E-state index contributed by atoms with van der Waals surface area (Å²) in [6.07, 6.45) is -2.87. The molecule has 0 aliphatic heterocycles. The fourth-order valence-electron chi connectivity index (χ4n) is 3.17. The van der Waals surface area contributed by atoms with Gasteiger partial charge in [0.1, 0.15) is 28.9 Å². The molecule has 0 radical (unpaired) electrons. The Balaban J connectivity index is 1.70. The number of rotatable bonds is 9. The monoisotopic (exact) mass is 505 g/mol. The zero-order chi connectivity index (χ0) is 26.6. The molecule has 3 aromatic carbocycles. The molecule has 0 bridgehead atoms. The van der Waals surface area contributed by atoms with Gasteiger partial charge in [-0.15, -0.1) is 0 Å². The molecule has 0 aromatic heterocycles. The summed E-state index contributed by atoms with van der Waals surface area (Å²) in [5.41, 5.74) is -1.51. The van der Waals surface area contributed by atoms with Gasteiger partial charge in [0.25, 0.3) is 12.3 Å². The topological polar surface area (TPSA) is 84.9 Å². The molecule has 10 heteroatoms. The van der Waals surface area contributed by atoms with Crippen LogP contribution in [0.5, 0.6) is 17.2 Å². The van der Waals surface area contributed by atoms with E-state index in [2.05, 4.69) is 5.32 Å². The Morgan fingerprint density at radius 3 is 2.33 bits per heavy atom. The Bertz CT molecular complexity index is 1290. The van der Waals surface area contributed by atoms with Crippen LogP contribution in [0.4, 0.5) is 17.6 Å². The zero-order valence-electron chi connectivity index (χ0n) is 19.6. The predicted molar refractivity (Wildman–Crippen MR) is 123 cm³/mol. The van der Waals surface area contributed by atoms with Gasteiger partial charge in [0.15, 0.2) is 5.60 Å². The number of carboxylic acid groups (broad SMARTS) is 1. The van der Waals surface area contributed by atoms with Crippen LogP contribution < -0.4 is 14.8 Å². The summed E-state index contributed by atoms with van der Waals surface area (Å²) in [4.78, 5) is 23.6. The molecule has 0 aliphatic rings. The third kappa shape index (κ3) is 6.53. The maximum absolute atomic E-state index is 14.2. The van der Waals surface area contributed by atoms with Crippen molar-refractivity contribution in [3.63, 3.8) is 0 Å². The van der Waals surface area contributed by atoms with E-state index in [1.807, 2.05) is 0 Å². The number of halogens is 4. The van der Waals surface area contributed by atoms with Crippen LogP contribution in [0.2, 0.25) is 0 Å². The second kappa shape index (κ2) is 10.7. The molecule has 0 atom stereocenters. The highest BCUT2D eigenvalue weighted by Crippen LogP contribution is 2.30. The molecule has 0 spiro atoms. The first-order valence-corrected chi connectivity index (χ1v) is 10.7. The van der Waals surface area contributed by atoms with Crippen molar-refractivity contribution < 1.29 is 41.7 Å². The van der Waals surface area contributed by atoms with Gasteiger partial charge in [-0.2, -0.15) is 0 Å². The fraction of sp³-hybridized carbons (Fsp3) is 0.231. The summed E-state index contributed by atoms with van der Waals surface area (Å²) >= 11 is 0. The van der Waals surface area contributed by atoms with Gasteiger partial charge in [0.05, 0.1) is 5.56 Å². The number of hydrogen-bond acceptors (Lipinski definition) is 4. The Morgan fingerprint density at radius 2 is 1.72 bits per heavy atom. The van der Waals surface area contributed by atoms with E-state index in [1.54, 1.807) is 13.0 Å². The number of alkyl halides is 2. The van der Waals surface area contributed by atoms with Gasteiger partial charge in [-0.3, -0.25) is 4.79 Å². The van der Waals surface area contributed by atoms with Gasteiger partial charge in [0, 0.05) is 18.2 Å². The van der Waals surface area contributed by atoms with E-state index in [0.717, 1.165) is 24.3 Å². The second-order valence-electron chi connectivity index (χ2n) is 8.46. The smallest absolute Gasteiger partial charge is 0.347 e. The van der Waals surface area contributed by atoms with Crippen LogP contribution >= 0.6 is 0 Å². The molecular formula is C26H23F4NO5. The van der Waals surface area contributed by atoms with Gasteiger partial charge < -0.3 is 19.9 Å². The molecule has 36 heavy (non-hydrogen) atoms. The average Bonchev–Trinajstić information content (AvgIpc) is 2.78. The van der Waals surface area contributed by atoms with Crippen molar-refractivity contribution in [2.75, 3.05) is 0 Å². The Labute approximate surface area is 204 Å². The van der Waals surface area contributed by atoms with Crippen LogP contribution in [0.1, 0.15) is 47.3 Å². The average molecular weight is 505 g/mol. The van der Waals surface area contributed by atoms with Crippen molar-refractivity contribution >= 4 is 11.9 Å². The van der Waals surface area contributed by atoms with Crippen molar-refractivity contribution in [1.82, 2.24) is 5.32 Å². The first-order valence-electron chi connectivity index (χ1n) is 10.7. The van der Waals surface area contributed by atoms with Crippen molar-refractivity contribution in [2.24, 2.45) is 0 Å². The first-order chi connectivity index (χ1) is 16.9. The number of ether oxygens (including phenoxy) is 2. The Hall–Kier alpha value is -4.08. The van der Waals surface area contributed by atoms with Crippen LogP contribution in [0, 0.1) is 18.6 Å². The molecule has 2 N–H and O–H groups in total. The molecule has 0 saturated heterocycles. The van der Waals surface area contributed by atoms with E-state index in [0.29, 0.717) is 28.7 Å². The van der Waals surface area contributed by atoms with Gasteiger partial charge >= 0.3 is 5.97 Å². The molecule has 6 nitrogen and oxygen atoms in total. The number of nitrogens with one attached hydrogen (secondary N) is 1. The summed E-state index contributed by atoms with van der Waals surface area (Å²) in [6, 6.07) is 10.9. The number of benzene rings is 3. The van der Waals surface area contributed by atoms with E-state index in [-0.39, 0.29) is 12.3 Å². The van der Waals surface area contributed by atoms with Crippen molar-refractivity contribution in [1.29, 1.82) is 0 Å². The van der Waals surface area contributed by atoms with Gasteiger partial charge in [-0.25, -0.2) is 22.4 Å². The number of carbonyl (C=O) groups is 2. The molecule has 0 saturated carbocycles. The van der Waals surface area contributed by atoms with Crippen LogP contribution in [0.25, 0.3) is 0 Å². The Morgan fingerprint density at radius 1 is 1.00 bits per heavy atom. The maximum Gasteiger partial charge on any atom is 0.347 e. The molecule has 1 amide bonds. The number of aliphatic carboxylic acids is 1. The van der Waals surface area contributed by atoms with Crippen LogP contribution in [0.15, 0.2) is 54.6 Å². The SMILES string of the molecule is Cc1cc(Oc2cc(F)cc(CNC(=O)c3ccc(C(F)F)cc3F)c2)ccc1OC(C)(C)C(=O)O. The predicted octanol–water partition coefficient (Wildman–Crippen LogP) is 6.18. The van der Waals surface area contributed by atoms with E-state index in [9.17, 15) is 32.3 Å². The minimum Gasteiger partial charge on any atom is -0.478 e. The number of carbonyl (C=O) groups excluding carboxylic acids is 1. The molecule has 0 aliphatic carbocycles. The lowest BCUT2D eigenvalue weighted by Crippen LogP contribution is -2.38. The highest BCUT2D eigenvalue weighted by Gasteiger charge is 2.30. The molecule has 3 aromatic rings. The van der Waals surface area contributed by atoms with Crippen molar-refractivity contribution in [3.05, 3.63) is 88.5 Å². The zero-order valence-corrected chi connectivity index (χ0v) is 19.6. The summed E-state index contributed by atoms with van der Waals surface area (Å²) in [7, 11) is 0. The summed E-state index contributed by atoms with van der Waals surface area (Å²) in [5.74, 6) is -2.94. The summed E-state index contributed by atoms with van der Waals surface area (Å²) in [6.45, 7) is 4.34. The number of carboxylic acids is 1. The van der Waals surface area contributed by atoms with Gasteiger partial charge in [-0.1, -0.05) is 6.07 Å². The van der Waals surface area contributed by atoms with Gasteiger partial charge in [-0.05, 0) is 74.4 Å². The quantitative estimate of drug-likeness (QED) is 0.340. The lowest BCUT2D eigenvalue weighted by molar-refractivity contribution is -0.152. The molecule has 3 rings (SSSR count). The minimum atomic E-state index is -2.87. The van der Waals surface area contributed by atoms with Crippen LogP contribution in [0.3, 0.4) is 0 Å². The highest BCUT2D eigenvalue weighted by molar-refractivity contribution is 5.94. The molecule has 0 heterocycles. The first kappa shape index (κ1) is 26.5. The second-order valence-corrected chi connectivity index (χ2v) is 8.46. The maximum atomic E-state index is 14.2. The van der Waals surface area contributed by atoms with Gasteiger partial charge in [0.2, 0.25) is 0 Å². The fourth-order valence-corrected chi connectivity index (χ4v) is 3.17. The van der Waals surface area contributed by atoms with Crippen molar-refractivity contribution in [2.45, 2.75) is 39.3 Å². The lowest BCUT2D eigenvalue weighted by Gasteiger charge is -2.23. The third-order valence-electron chi connectivity index (χ3n) is 5.14. The largest absolute Gasteiger partial charge is 0.478 e. The molecule has 0 fully saturated rings. The van der Waals surface area contributed by atoms with Crippen molar-refractivity contribution in [3.8, 4) is 17.2 Å². The number of hydrogen-bond donors (Lipinski definition) is 2. The normalized spacial score (nSPS) is 11.3. The van der Waals surface area contributed by atoms with Crippen LogP contribution in [-0.4, -0.2) is 22.6 Å². The highest BCUT2D eigenvalue weighted by atomic mass is 19.3. The number of amides is 1. The van der Waals surface area contributed by atoms with E-state index in [4.69, 9.17) is 9.47 Å². The standard InChI is InChI=1S/C26H23F4NO5/c1-14-8-18(5-7-22(14)36-26(2,3)25(33)34)35-19-10-15(9-17(27)12-19)13-31-24(32)20-6-4-16(23(29)30)11-21(20)28/h4-12,23H,13H2,1-3H3,(H,31,32)(H,33,34).